The molecule has 1 N–H and O–H groups in total. The van der Waals surface area contributed by atoms with Crippen LogP contribution in [-0.4, -0.2) is 55.8 Å². The van der Waals surface area contributed by atoms with Gasteiger partial charge in [0.25, 0.3) is 5.91 Å². The van der Waals surface area contributed by atoms with E-state index in [1.165, 1.54) is 36.9 Å². The number of aromatic nitrogens is 6. The lowest BCUT2D eigenvalue weighted by Crippen LogP contribution is -2.26. The molecule has 184 valence electrons. The van der Waals surface area contributed by atoms with E-state index in [0.29, 0.717) is 0 Å². The van der Waals surface area contributed by atoms with Crippen molar-refractivity contribution >= 4 is 32.4 Å². The zero-order chi connectivity index (χ0) is 25.5. The van der Waals surface area contributed by atoms with Gasteiger partial charge in [-0.25, -0.2) is 33.4 Å². The Morgan fingerprint density at radius 1 is 1.31 bits per heavy atom. The Hall–Kier alpha value is -3.85. The molecule has 0 saturated heterocycles. The van der Waals surface area contributed by atoms with E-state index < -0.39 is 32.6 Å². The van der Waals surface area contributed by atoms with Crippen LogP contribution >= 0.6 is 0 Å². The minimum Gasteiger partial charge on any atom is -0.326 e. The summed E-state index contributed by atoms with van der Waals surface area (Å²) in [4.78, 5) is 29.4. The van der Waals surface area contributed by atoms with E-state index in [2.05, 4.69) is 32.1 Å². The summed E-state index contributed by atoms with van der Waals surface area (Å²) in [5, 5.41) is 3.70. The predicted octanol–water partition coefficient (Wildman–Crippen LogP) is 2.34. The summed E-state index contributed by atoms with van der Waals surface area (Å²) in [5.74, 6) is -1.09. The van der Waals surface area contributed by atoms with Crippen LogP contribution in [0.5, 0.6) is 0 Å². The summed E-state index contributed by atoms with van der Waals surface area (Å²) in [7, 11) is -2.49. The zero-order valence-corrected chi connectivity index (χ0v) is 19.2. The number of pyridine rings is 1. The standard InChI is InChI=1S/C20H18F3N7O4S/c1-4-8-34-28-18(31)12-6-7-24-16-15(19(27-30(12)16)35(32,33)5-2)17-26-11-9-14(20(21,22)23)25-10-13(11)29(17)3/h4,6-7,9-10H,1,5,8H2,2-3H3,(H,28,31). The van der Waals surface area contributed by atoms with Gasteiger partial charge >= 0.3 is 6.18 Å². The fraction of sp³-hybridized carbons (Fsp3) is 0.250. The molecule has 0 atom stereocenters. The average Bonchev–Trinajstić information content (AvgIpc) is 3.36. The molecule has 4 heterocycles. The van der Waals surface area contributed by atoms with Crippen molar-refractivity contribution in [3.8, 4) is 11.4 Å². The number of amides is 1. The zero-order valence-electron chi connectivity index (χ0n) is 18.4. The van der Waals surface area contributed by atoms with E-state index in [-0.39, 0.29) is 46.1 Å². The second-order valence-electron chi connectivity index (χ2n) is 7.23. The Kier molecular flexibility index (Phi) is 6.06. The van der Waals surface area contributed by atoms with Crippen LogP contribution in [0.4, 0.5) is 13.2 Å². The molecule has 0 aliphatic heterocycles. The molecule has 0 aromatic carbocycles. The molecule has 15 heteroatoms. The minimum atomic E-state index is -4.69. The van der Waals surface area contributed by atoms with E-state index in [1.807, 2.05) is 0 Å². The Morgan fingerprint density at radius 3 is 2.71 bits per heavy atom. The highest BCUT2D eigenvalue weighted by Gasteiger charge is 2.34. The molecule has 0 aliphatic carbocycles. The number of carbonyl (C=O) groups is 1. The molecule has 0 radical (unpaired) electrons. The third-order valence-electron chi connectivity index (χ3n) is 5.04. The van der Waals surface area contributed by atoms with Gasteiger partial charge in [-0.05, 0) is 12.1 Å². The number of aryl methyl sites for hydroxylation is 1. The number of halogens is 3. The van der Waals surface area contributed by atoms with Crippen molar-refractivity contribution < 1.29 is 31.2 Å². The first-order valence-electron chi connectivity index (χ1n) is 10.0. The first-order chi connectivity index (χ1) is 16.5. The maximum Gasteiger partial charge on any atom is 0.433 e. The average molecular weight is 509 g/mol. The van der Waals surface area contributed by atoms with Crippen molar-refractivity contribution in [1.29, 1.82) is 0 Å². The van der Waals surface area contributed by atoms with Crippen LogP contribution in [-0.2, 0) is 27.9 Å². The highest BCUT2D eigenvalue weighted by molar-refractivity contribution is 7.91. The molecule has 0 aliphatic rings. The van der Waals surface area contributed by atoms with E-state index >= 15 is 0 Å². The largest absolute Gasteiger partial charge is 0.433 e. The van der Waals surface area contributed by atoms with Crippen molar-refractivity contribution in [2.45, 2.75) is 18.1 Å². The van der Waals surface area contributed by atoms with Crippen LogP contribution < -0.4 is 5.48 Å². The van der Waals surface area contributed by atoms with E-state index in [4.69, 9.17) is 4.84 Å². The Labute approximate surface area is 196 Å². The van der Waals surface area contributed by atoms with Crippen LogP contribution in [0.2, 0.25) is 0 Å². The highest BCUT2D eigenvalue weighted by atomic mass is 32.2. The number of fused-ring (bicyclic) bond motifs is 2. The molecule has 4 aromatic heterocycles. The number of nitrogens with one attached hydrogen (secondary N) is 1. The Morgan fingerprint density at radius 2 is 2.06 bits per heavy atom. The third kappa shape index (κ3) is 4.23. The van der Waals surface area contributed by atoms with Gasteiger partial charge in [0.1, 0.15) is 22.8 Å². The normalized spacial score (nSPS) is 12.4. The molecule has 0 unspecified atom stereocenters. The van der Waals surface area contributed by atoms with Gasteiger partial charge in [0.15, 0.2) is 20.5 Å². The fourth-order valence-corrected chi connectivity index (χ4v) is 4.31. The molecule has 0 spiro atoms. The smallest absolute Gasteiger partial charge is 0.326 e. The van der Waals surface area contributed by atoms with E-state index in [0.717, 1.165) is 16.8 Å². The van der Waals surface area contributed by atoms with Crippen LogP contribution in [0.25, 0.3) is 28.1 Å². The highest BCUT2D eigenvalue weighted by Crippen LogP contribution is 2.34. The van der Waals surface area contributed by atoms with Crippen LogP contribution in [0.3, 0.4) is 0 Å². The van der Waals surface area contributed by atoms with Crippen LogP contribution in [0.15, 0.2) is 42.2 Å². The lowest BCUT2D eigenvalue weighted by molar-refractivity contribution is -0.141. The van der Waals surface area contributed by atoms with Gasteiger partial charge in [0.2, 0.25) is 0 Å². The molecule has 0 fully saturated rings. The first-order valence-corrected chi connectivity index (χ1v) is 11.7. The third-order valence-corrected chi connectivity index (χ3v) is 6.68. The quantitative estimate of drug-likeness (QED) is 0.228. The maximum absolute atomic E-state index is 13.1. The second-order valence-corrected chi connectivity index (χ2v) is 9.42. The number of nitrogens with zero attached hydrogens (tertiary/aromatic N) is 6. The number of sulfone groups is 1. The van der Waals surface area contributed by atoms with Gasteiger partial charge in [0.05, 0.1) is 29.6 Å². The monoisotopic (exact) mass is 509 g/mol. The minimum absolute atomic E-state index is 0.0175. The van der Waals surface area contributed by atoms with Gasteiger partial charge in [-0.3, -0.25) is 9.63 Å². The van der Waals surface area contributed by atoms with Gasteiger partial charge in [0, 0.05) is 13.2 Å². The molecular weight excluding hydrogens is 491 g/mol. The number of alkyl halides is 3. The molecule has 1 amide bonds. The van der Waals surface area contributed by atoms with Crippen molar-refractivity contribution in [3.05, 3.63) is 48.6 Å². The Bertz CT molecular complexity index is 1580. The van der Waals surface area contributed by atoms with E-state index in [9.17, 15) is 26.4 Å². The number of carbonyl (C=O) groups excluding carboxylic acids is 1. The molecule has 0 saturated carbocycles. The molecule has 11 nitrogen and oxygen atoms in total. The summed E-state index contributed by atoms with van der Waals surface area (Å²) in [5.41, 5.74) is 0.985. The molecule has 4 rings (SSSR count). The number of hydrogen-bond acceptors (Lipinski definition) is 8. The summed E-state index contributed by atoms with van der Waals surface area (Å²) in [6.45, 7) is 4.89. The Balaban J connectivity index is 1.99. The number of hydrogen-bond donors (Lipinski definition) is 1. The summed E-state index contributed by atoms with van der Waals surface area (Å²) in [6.07, 6.45) is -1.02. The predicted molar refractivity (Wildman–Crippen MR) is 117 cm³/mol. The van der Waals surface area contributed by atoms with Crippen molar-refractivity contribution in [2.24, 2.45) is 7.05 Å². The SMILES string of the molecule is C=CCONC(=O)c1ccnc2c(-c3nc4cc(C(F)(F)F)ncc4n3C)c(S(=O)(=O)CC)nn12. The molecule has 35 heavy (non-hydrogen) atoms. The van der Waals surface area contributed by atoms with E-state index in [1.54, 1.807) is 0 Å². The molecule has 0 bridgehead atoms. The number of hydroxylamine groups is 1. The lowest BCUT2D eigenvalue weighted by atomic mass is 10.3. The molecule has 4 aromatic rings. The molecular formula is C20H18F3N7O4S. The fourth-order valence-electron chi connectivity index (χ4n) is 3.33. The number of imidazole rings is 1. The first kappa shape index (κ1) is 24.3. The van der Waals surface area contributed by atoms with Crippen molar-refractivity contribution in [1.82, 2.24) is 34.6 Å². The van der Waals surface area contributed by atoms with Crippen molar-refractivity contribution in [2.75, 3.05) is 12.4 Å². The lowest BCUT2D eigenvalue weighted by Gasteiger charge is -2.06. The summed E-state index contributed by atoms with van der Waals surface area (Å²) < 4.78 is 67.7. The van der Waals surface area contributed by atoms with Crippen LogP contribution in [0, 0.1) is 0 Å². The van der Waals surface area contributed by atoms with Gasteiger partial charge in [-0.2, -0.15) is 18.3 Å². The summed E-state index contributed by atoms with van der Waals surface area (Å²) >= 11 is 0. The topological polar surface area (TPSA) is 133 Å². The van der Waals surface area contributed by atoms with Gasteiger partial charge in [-0.15, -0.1) is 6.58 Å². The van der Waals surface area contributed by atoms with Gasteiger partial charge < -0.3 is 4.57 Å². The summed E-state index contributed by atoms with van der Waals surface area (Å²) in [6, 6.07) is 2.06. The second kappa shape index (κ2) is 8.74. The van der Waals surface area contributed by atoms with Crippen molar-refractivity contribution in [3.63, 3.8) is 0 Å². The van der Waals surface area contributed by atoms with Crippen LogP contribution in [0.1, 0.15) is 23.1 Å². The maximum atomic E-state index is 13.1. The van der Waals surface area contributed by atoms with Gasteiger partial charge in [-0.1, -0.05) is 13.0 Å². The number of rotatable bonds is 7.